The van der Waals surface area contributed by atoms with E-state index < -0.39 is 0 Å². The number of aromatic nitrogens is 4. The lowest BCUT2D eigenvalue weighted by Gasteiger charge is -2.10. The van der Waals surface area contributed by atoms with Crippen molar-refractivity contribution in [2.75, 3.05) is 11.5 Å². The monoisotopic (exact) mass is 381 g/mol. The molecule has 1 fully saturated rings. The zero-order valence-electron chi connectivity index (χ0n) is 15.6. The molecule has 0 atom stereocenters. The SMILES string of the molecule is Cc1cc(C(=O)CSc2nnc(N)n2C2CC2)c(C)n1Cc1ccccc1. The van der Waals surface area contributed by atoms with Crippen LogP contribution >= 0.6 is 11.8 Å². The fraction of sp³-hybridized carbons (Fsp3) is 0.350. The first-order valence-electron chi connectivity index (χ1n) is 9.11. The average molecular weight is 382 g/mol. The van der Waals surface area contributed by atoms with Crippen LogP contribution in [0, 0.1) is 13.8 Å². The first-order chi connectivity index (χ1) is 13.0. The Labute approximate surface area is 162 Å². The van der Waals surface area contributed by atoms with Crippen molar-refractivity contribution in [2.45, 2.75) is 44.4 Å². The summed E-state index contributed by atoms with van der Waals surface area (Å²) >= 11 is 1.42. The topological polar surface area (TPSA) is 78.7 Å². The third-order valence-electron chi connectivity index (χ3n) is 4.99. The molecule has 6 nitrogen and oxygen atoms in total. The molecular weight excluding hydrogens is 358 g/mol. The third-order valence-corrected chi connectivity index (χ3v) is 5.94. The second-order valence-corrected chi connectivity index (χ2v) is 7.95. The van der Waals surface area contributed by atoms with Crippen molar-refractivity contribution in [1.82, 2.24) is 19.3 Å². The number of Topliss-reactive ketones (excluding diaryl/α,β-unsaturated/α-hetero) is 1. The fourth-order valence-corrected chi connectivity index (χ4v) is 4.26. The molecule has 3 aromatic rings. The van der Waals surface area contributed by atoms with Gasteiger partial charge in [-0.1, -0.05) is 42.1 Å². The van der Waals surface area contributed by atoms with E-state index in [9.17, 15) is 4.79 Å². The standard InChI is InChI=1S/C20H23N5OS/c1-13-10-17(14(2)24(13)11-15-6-4-3-5-7-15)18(26)12-27-20-23-22-19(21)25(20)16-8-9-16/h3-7,10,16H,8-9,11-12H2,1-2H3,(H2,21,22). The van der Waals surface area contributed by atoms with Crippen LogP contribution in [0.25, 0.3) is 0 Å². The molecule has 0 spiro atoms. The fourth-order valence-electron chi connectivity index (χ4n) is 3.36. The van der Waals surface area contributed by atoms with Crippen LogP contribution in [-0.2, 0) is 6.54 Å². The average Bonchev–Trinajstić information content (AvgIpc) is 3.38. The molecule has 1 saturated carbocycles. The normalized spacial score (nSPS) is 13.9. The Balaban J connectivity index is 1.49. The Morgan fingerprint density at radius 2 is 1.96 bits per heavy atom. The van der Waals surface area contributed by atoms with Crippen molar-refractivity contribution in [3.8, 4) is 0 Å². The van der Waals surface area contributed by atoms with Gasteiger partial charge in [-0.05, 0) is 38.3 Å². The molecule has 27 heavy (non-hydrogen) atoms. The number of aryl methyl sites for hydroxylation is 1. The summed E-state index contributed by atoms with van der Waals surface area (Å²) < 4.78 is 4.15. The third kappa shape index (κ3) is 3.64. The van der Waals surface area contributed by atoms with E-state index in [1.165, 1.54) is 17.3 Å². The summed E-state index contributed by atoms with van der Waals surface area (Å²) in [5, 5.41) is 8.84. The van der Waals surface area contributed by atoms with E-state index in [0.717, 1.165) is 41.5 Å². The first kappa shape index (κ1) is 17.9. The molecule has 1 aliphatic carbocycles. The van der Waals surface area contributed by atoms with Crippen molar-refractivity contribution >= 4 is 23.5 Å². The number of hydrogen-bond acceptors (Lipinski definition) is 5. The van der Waals surface area contributed by atoms with E-state index in [1.807, 2.05) is 42.7 Å². The van der Waals surface area contributed by atoms with E-state index in [2.05, 4.69) is 26.9 Å². The van der Waals surface area contributed by atoms with Crippen molar-refractivity contribution in [2.24, 2.45) is 0 Å². The number of thioether (sulfide) groups is 1. The lowest BCUT2D eigenvalue weighted by molar-refractivity contribution is 0.102. The van der Waals surface area contributed by atoms with Crippen LogP contribution in [-0.4, -0.2) is 30.9 Å². The number of nitrogen functional groups attached to an aromatic ring is 1. The summed E-state index contributed by atoms with van der Waals surface area (Å²) in [6, 6.07) is 12.7. The van der Waals surface area contributed by atoms with Gasteiger partial charge in [0.1, 0.15) is 0 Å². The van der Waals surface area contributed by atoms with Gasteiger partial charge in [0.15, 0.2) is 10.9 Å². The largest absolute Gasteiger partial charge is 0.368 e. The highest BCUT2D eigenvalue weighted by atomic mass is 32.2. The van der Waals surface area contributed by atoms with Crippen LogP contribution in [0.2, 0.25) is 0 Å². The van der Waals surface area contributed by atoms with Crippen LogP contribution in [0.15, 0.2) is 41.6 Å². The molecule has 1 aliphatic rings. The van der Waals surface area contributed by atoms with Gasteiger partial charge in [0, 0.05) is 29.5 Å². The maximum atomic E-state index is 12.8. The van der Waals surface area contributed by atoms with E-state index in [4.69, 9.17) is 5.73 Å². The molecule has 2 N–H and O–H groups in total. The van der Waals surface area contributed by atoms with Crippen molar-refractivity contribution < 1.29 is 4.79 Å². The summed E-state index contributed by atoms with van der Waals surface area (Å²) in [6.45, 7) is 4.83. The summed E-state index contributed by atoms with van der Waals surface area (Å²) in [7, 11) is 0. The summed E-state index contributed by atoms with van der Waals surface area (Å²) in [6.07, 6.45) is 2.20. The van der Waals surface area contributed by atoms with Crippen molar-refractivity contribution in [3.63, 3.8) is 0 Å². The predicted molar refractivity (Wildman–Crippen MR) is 107 cm³/mol. The number of benzene rings is 1. The van der Waals surface area contributed by atoms with Gasteiger partial charge in [-0.15, -0.1) is 10.2 Å². The maximum Gasteiger partial charge on any atom is 0.222 e. The van der Waals surface area contributed by atoms with E-state index >= 15 is 0 Å². The van der Waals surface area contributed by atoms with E-state index in [-0.39, 0.29) is 5.78 Å². The number of nitrogens with two attached hydrogens (primary N) is 1. The lowest BCUT2D eigenvalue weighted by Crippen LogP contribution is -2.08. The number of anilines is 1. The Morgan fingerprint density at radius 1 is 1.22 bits per heavy atom. The van der Waals surface area contributed by atoms with Crippen molar-refractivity contribution in [1.29, 1.82) is 0 Å². The molecule has 1 aromatic carbocycles. The van der Waals surface area contributed by atoms with Gasteiger partial charge >= 0.3 is 0 Å². The Bertz CT molecular complexity index is 972. The number of rotatable bonds is 7. The highest BCUT2D eigenvalue weighted by molar-refractivity contribution is 7.99. The number of carbonyl (C=O) groups is 1. The lowest BCUT2D eigenvalue weighted by atomic mass is 10.2. The Hall–Kier alpha value is -2.54. The quantitative estimate of drug-likeness (QED) is 0.499. The molecule has 2 heterocycles. The second kappa shape index (κ2) is 7.23. The van der Waals surface area contributed by atoms with Crippen LogP contribution in [0.4, 0.5) is 5.95 Å². The van der Waals surface area contributed by atoms with Gasteiger partial charge in [0.2, 0.25) is 5.95 Å². The minimum Gasteiger partial charge on any atom is -0.368 e. The molecule has 7 heteroatoms. The molecule has 2 aromatic heterocycles. The first-order valence-corrected chi connectivity index (χ1v) is 10.1. The molecule has 0 bridgehead atoms. The van der Waals surface area contributed by atoms with Crippen LogP contribution in [0.3, 0.4) is 0 Å². The molecular formula is C20H23N5OS. The van der Waals surface area contributed by atoms with E-state index in [1.54, 1.807) is 0 Å². The smallest absolute Gasteiger partial charge is 0.222 e. The van der Waals surface area contributed by atoms with Crippen LogP contribution in [0.1, 0.15) is 46.2 Å². The van der Waals surface area contributed by atoms with Gasteiger partial charge in [0.25, 0.3) is 0 Å². The maximum absolute atomic E-state index is 12.8. The molecule has 0 amide bonds. The molecule has 0 saturated heterocycles. The van der Waals surface area contributed by atoms with Crippen LogP contribution < -0.4 is 5.73 Å². The zero-order valence-corrected chi connectivity index (χ0v) is 16.4. The second-order valence-electron chi connectivity index (χ2n) is 7.01. The zero-order chi connectivity index (χ0) is 19.0. The molecule has 140 valence electrons. The number of carbonyl (C=O) groups excluding carboxylic acids is 1. The summed E-state index contributed by atoms with van der Waals surface area (Å²) in [5.74, 6) is 0.880. The van der Waals surface area contributed by atoms with Gasteiger partial charge < -0.3 is 10.3 Å². The highest BCUT2D eigenvalue weighted by Gasteiger charge is 2.29. The minimum absolute atomic E-state index is 0.108. The Kier molecular flexibility index (Phi) is 4.78. The van der Waals surface area contributed by atoms with E-state index in [0.29, 0.717) is 17.7 Å². The van der Waals surface area contributed by atoms with Gasteiger partial charge in [-0.3, -0.25) is 9.36 Å². The Morgan fingerprint density at radius 3 is 2.67 bits per heavy atom. The minimum atomic E-state index is 0.108. The van der Waals surface area contributed by atoms with Crippen LogP contribution in [0.5, 0.6) is 0 Å². The summed E-state index contributed by atoms with van der Waals surface area (Å²) in [4.78, 5) is 12.8. The van der Waals surface area contributed by atoms with Gasteiger partial charge in [-0.25, -0.2) is 0 Å². The molecule has 4 rings (SSSR count). The molecule has 0 unspecified atom stereocenters. The van der Waals surface area contributed by atoms with Gasteiger partial charge in [-0.2, -0.15) is 0 Å². The summed E-state index contributed by atoms with van der Waals surface area (Å²) in [5.41, 5.74) is 10.0. The predicted octanol–water partition coefficient (Wildman–Crippen LogP) is 3.64. The molecule has 0 aliphatic heterocycles. The number of nitrogens with zero attached hydrogens (tertiary/aromatic N) is 4. The highest BCUT2D eigenvalue weighted by Crippen LogP contribution is 2.39. The molecule has 0 radical (unpaired) electrons. The van der Waals surface area contributed by atoms with Gasteiger partial charge in [0.05, 0.1) is 5.75 Å². The number of ketones is 1. The van der Waals surface area contributed by atoms with Crippen molar-refractivity contribution in [3.05, 3.63) is 58.9 Å². The number of hydrogen-bond donors (Lipinski definition) is 1.